The Morgan fingerprint density at radius 2 is 2.20 bits per heavy atom. The highest BCUT2D eigenvalue weighted by Gasteiger charge is 2.24. The summed E-state index contributed by atoms with van der Waals surface area (Å²) in [5.41, 5.74) is 1.23. The lowest BCUT2D eigenvalue weighted by molar-refractivity contribution is 0.247. The molecule has 0 aromatic carbocycles. The second-order valence-corrected chi connectivity index (χ2v) is 5.58. The van der Waals surface area contributed by atoms with Gasteiger partial charge in [-0.1, -0.05) is 6.92 Å². The largest absolute Gasteiger partial charge is 0.370 e. The molecule has 5 nitrogen and oxygen atoms in total. The van der Waals surface area contributed by atoms with E-state index in [0.29, 0.717) is 6.04 Å². The molecule has 1 unspecified atom stereocenters. The van der Waals surface area contributed by atoms with Gasteiger partial charge >= 0.3 is 0 Å². The van der Waals surface area contributed by atoms with Crippen molar-refractivity contribution >= 4 is 11.6 Å². The normalized spacial score (nSPS) is 19.9. The Kier molecular flexibility index (Phi) is 5.17. The maximum absolute atomic E-state index is 4.55. The van der Waals surface area contributed by atoms with Crippen LogP contribution in [-0.4, -0.2) is 54.6 Å². The first-order valence-electron chi connectivity index (χ1n) is 7.66. The van der Waals surface area contributed by atoms with Crippen molar-refractivity contribution in [2.24, 2.45) is 0 Å². The minimum Gasteiger partial charge on any atom is -0.370 e. The van der Waals surface area contributed by atoms with Gasteiger partial charge in [-0.25, -0.2) is 9.97 Å². The minimum absolute atomic E-state index is 0.545. The number of piperidine rings is 1. The molecule has 1 aromatic heterocycles. The fourth-order valence-electron chi connectivity index (χ4n) is 2.98. The van der Waals surface area contributed by atoms with Crippen molar-refractivity contribution in [3.8, 4) is 0 Å². The summed E-state index contributed by atoms with van der Waals surface area (Å²) in [6.07, 6.45) is 5.13. The van der Waals surface area contributed by atoms with Crippen molar-refractivity contribution in [2.45, 2.75) is 39.2 Å². The lowest BCUT2D eigenvalue weighted by atomic mass is 10.0. The van der Waals surface area contributed by atoms with Crippen molar-refractivity contribution in [3.05, 3.63) is 11.9 Å². The Labute approximate surface area is 122 Å². The molecule has 0 spiro atoms. The highest BCUT2D eigenvalue weighted by molar-refractivity contribution is 5.59. The number of aromatic nitrogens is 2. The quantitative estimate of drug-likeness (QED) is 0.892. The second-order valence-electron chi connectivity index (χ2n) is 5.58. The summed E-state index contributed by atoms with van der Waals surface area (Å²) in [6, 6.07) is 0.545. The molecule has 0 radical (unpaired) electrons. The van der Waals surface area contributed by atoms with Gasteiger partial charge in [0.05, 0.1) is 0 Å². The van der Waals surface area contributed by atoms with E-state index in [1.165, 1.54) is 24.9 Å². The summed E-state index contributed by atoms with van der Waals surface area (Å²) in [5.74, 6) is 2.06. The predicted molar refractivity (Wildman–Crippen MR) is 84.5 cm³/mol. The zero-order chi connectivity index (χ0) is 14.5. The van der Waals surface area contributed by atoms with Crippen LogP contribution < -0.4 is 10.2 Å². The van der Waals surface area contributed by atoms with Gasteiger partial charge in [0.2, 0.25) is 0 Å². The maximum atomic E-state index is 4.55. The second kappa shape index (κ2) is 6.88. The fraction of sp³-hybridized carbons (Fsp3) is 0.733. The number of nitrogens with zero attached hydrogens (tertiary/aromatic N) is 4. The van der Waals surface area contributed by atoms with Crippen LogP contribution in [0.15, 0.2) is 6.33 Å². The zero-order valence-electron chi connectivity index (χ0n) is 13.2. The third-order valence-corrected chi connectivity index (χ3v) is 4.10. The molecule has 0 aliphatic carbocycles. The van der Waals surface area contributed by atoms with Gasteiger partial charge in [-0.3, -0.25) is 0 Å². The van der Waals surface area contributed by atoms with E-state index in [2.05, 4.69) is 53.0 Å². The van der Waals surface area contributed by atoms with E-state index in [1.54, 1.807) is 6.33 Å². The summed E-state index contributed by atoms with van der Waals surface area (Å²) in [6.45, 7) is 7.47. The molecule has 1 aliphatic heterocycles. The van der Waals surface area contributed by atoms with Crippen molar-refractivity contribution in [1.82, 2.24) is 14.9 Å². The van der Waals surface area contributed by atoms with E-state index >= 15 is 0 Å². The van der Waals surface area contributed by atoms with E-state index < -0.39 is 0 Å². The standard InChI is InChI=1S/C15H27N5/c1-5-13-14(16-6-2)17-11-18-15(13)20(4)12-8-7-9-19(3)10-12/h11-12H,5-10H2,1-4H3,(H,16,17,18). The van der Waals surface area contributed by atoms with Crippen LogP contribution in [0, 0.1) is 0 Å². The Bertz CT molecular complexity index is 434. The van der Waals surface area contributed by atoms with E-state index in [4.69, 9.17) is 0 Å². The maximum Gasteiger partial charge on any atom is 0.137 e. The van der Waals surface area contributed by atoms with Crippen molar-refractivity contribution in [2.75, 3.05) is 43.9 Å². The van der Waals surface area contributed by atoms with Crippen LogP contribution >= 0.6 is 0 Å². The highest BCUT2D eigenvalue weighted by atomic mass is 15.2. The summed E-state index contributed by atoms with van der Waals surface area (Å²) in [7, 11) is 4.37. The van der Waals surface area contributed by atoms with E-state index in [0.717, 1.165) is 31.1 Å². The first-order valence-corrected chi connectivity index (χ1v) is 7.66. The van der Waals surface area contributed by atoms with Crippen LogP contribution in [0.4, 0.5) is 11.6 Å². The van der Waals surface area contributed by atoms with E-state index in [9.17, 15) is 0 Å². The molecule has 2 heterocycles. The number of likely N-dealkylation sites (N-methyl/N-ethyl adjacent to an activating group) is 2. The van der Waals surface area contributed by atoms with Crippen LogP contribution in [-0.2, 0) is 6.42 Å². The number of hydrogen-bond donors (Lipinski definition) is 1. The third kappa shape index (κ3) is 3.20. The molecule has 1 saturated heterocycles. The summed E-state index contributed by atoms with van der Waals surface area (Å²) < 4.78 is 0. The number of likely N-dealkylation sites (tertiary alicyclic amines) is 1. The topological polar surface area (TPSA) is 44.3 Å². The molecular formula is C15H27N5. The van der Waals surface area contributed by atoms with E-state index in [1.807, 2.05) is 0 Å². The van der Waals surface area contributed by atoms with Gasteiger partial charge < -0.3 is 15.1 Å². The first kappa shape index (κ1) is 15.0. The molecule has 1 aliphatic rings. The van der Waals surface area contributed by atoms with Gasteiger partial charge in [0.25, 0.3) is 0 Å². The summed E-state index contributed by atoms with van der Waals surface area (Å²) in [4.78, 5) is 13.7. The van der Waals surface area contributed by atoms with Crippen molar-refractivity contribution in [1.29, 1.82) is 0 Å². The summed E-state index contributed by atoms with van der Waals surface area (Å²) >= 11 is 0. The highest BCUT2D eigenvalue weighted by Crippen LogP contribution is 2.26. The Morgan fingerprint density at radius 1 is 1.40 bits per heavy atom. The molecule has 112 valence electrons. The van der Waals surface area contributed by atoms with Gasteiger partial charge in [0.15, 0.2) is 0 Å². The average molecular weight is 277 g/mol. The molecule has 0 amide bonds. The molecule has 5 heteroatoms. The average Bonchev–Trinajstić information content (AvgIpc) is 2.46. The fourth-order valence-corrected chi connectivity index (χ4v) is 2.98. The zero-order valence-corrected chi connectivity index (χ0v) is 13.2. The Morgan fingerprint density at radius 3 is 2.85 bits per heavy atom. The molecule has 1 N–H and O–H groups in total. The van der Waals surface area contributed by atoms with E-state index in [-0.39, 0.29) is 0 Å². The Balaban J connectivity index is 2.24. The molecule has 1 atom stereocenters. The number of rotatable bonds is 5. The van der Waals surface area contributed by atoms with Gasteiger partial charge in [0.1, 0.15) is 18.0 Å². The molecular weight excluding hydrogens is 250 g/mol. The SMILES string of the molecule is CCNc1ncnc(N(C)C2CCCN(C)C2)c1CC. The number of anilines is 2. The van der Waals surface area contributed by atoms with Crippen molar-refractivity contribution in [3.63, 3.8) is 0 Å². The van der Waals surface area contributed by atoms with Gasteiger partial charge in [0, 0.05) is 31.7 Å². The molecule has 20 heavy (non-hydrogen) atoms. The molecule has 0 saturated carbocycles. The van der Waals surface area contributed by atoms with Gasteiger partial charge in [-0.2, -0.15) is 0 Å². The molecule has 1 fully saturated rings. The first-order chi connectivity index (χ1) is 9.67. The molecule has 0 bridgehead atoms. The van der Waals surface area contributed by atoms with Crippen LogP contribution in [0.5, 0.6) is 0 Å². The monoisotopic (exact) mass is 277 g/mol. The molecule has 2 rings (SSSR count). The minimum atomic E-state index is 0.545. The van der Waals surface area contributed by atoms with Crippen LogP contribution in [0.2, 0.25) is 0 Å². The number of nitrogens with one attached hydrogen (secondary N) is 1. The van der Waals surface area contributed by atoms with Crippen LogP contribution in [0.25, 0.3) is 0 Å². The van der Waals surface area contributed by atoms with Gasteiger partial charge in [-0.05, 0) is 39.8 Å². The predicted octanol–water partition coefficient (Wildman–Crippen LogP) is 2.00. The lowest BCUT2D eigenvalue weighted by Gasteiger charge is -2.37. The third-order valence-electron chi connectivity index (χ3n) is 4.10. The van der Waals surface area contributed by atoms with Crippen LogP contribution in [0.1, 0.15) is 32.3 Å². The lowest BCUT2D eigenvalue weighted by Crippen LogP contribution is -2.45. The number of hydrogen-bond acceptors (Lipinski definition) is 5. The van der Waals surface area contributed by atoms with Gasteiger partial charge in [-0.15, -0.1) is 0 Å². The smallest absolute Gasteiger partial charge is 0.137 e. The molecule has 1 aromatic rings. The summed E-state index contributed by atoms with van der Waals surface area (Å²) in [5, 5.41) is 3.35. The van der Waals surface area contributed by atoms with Crippen molar-refractivity contribution < 1.29 is 0 Å². The van der Waals surface area contributed by atoms with Crippen LogP contribution in [0.3, 0.4) is 0 Å². The Hall–Kier alpha value is -1.36.